The predicted molar refractivity (Wildman–Crippen MR) is 138 cm³/mol. The molecular weight excluding hydrogens is 456 g/mol. The van der Waals surface area contributed by atoms with Gasteiger partial charge in [-0.1, -0.05) is 12.1 Å². The summed E-state index contributed by atoms with van der Waals surface area (Å²) in [4.78, 5) is 13.7. The van der Waals surface area contributed by atoms with Crippen LogP contribution in [0.4, 0.5) is 0 Å². The highest BCUT2D eigenvalue weighted by molar-refractivity contribution is 5.92. The Morgan fingerprint density at radius 3 is 2.53 bits per heavy atom. The van der Waals surface area contributed by atoms with Gasteiger partial charge in [-0.15, -0.1) is 0 Å². The fourth-order valence-electron chi connectivity index (χ4n) is 4.95. The van der Waals surface area contributed by atoms with E-state index in [-0.39, 0.29) is 22.9 Å². The van der Waals surface area contributed by atoms with Gasteiger partial charge in [-0.2, -0.15) is 5.10 Å². The number of aryl methyl sites for hydroxylation is 1. The molecule has 2 aromatic heterocycles. The zero-order valence-electron chi connectivity index (χ0n) is 22.0. The molecule has 0 bridgehead atoms. The SMILES string of the molecule is CO/N=C1/[C@@H](Cn2cncn2)[C@H](COc2ccc(OC(C)(C)C)cc2)CC[C@@]1(C)CCn1ccnc1. The van der Waals surface area contributed by atoms with Crippen molar-refractivity contribution in [3.8, 4) is 11.5 Å². The van der Waals surface area contributed by atoms with Crippen LogP contribution in [0.15, 0.2) is 60.8 Å². The second-order valence-corrected chi connectivity index (χ2v) is 10.8. The number of hydrogen-bond donors (Lipinski definition) is 0. The number of nitrogens with zero attached hydrogens (tertiary/aromatic N) is 6. The van der Waals surface area contributed by atoms with Gasteiger partial charge in [0.2, 0.25) is 0 Å². The summed E-state index contributed by atoms with van der Waals surface area (Å²) in [6.45, 7) is 10.5. The molecule has 9 heteroatoms. The minimum atomic E-state index is -0.235. The summed E-state index contributed by atoms with van der Waals surface area (Å²) in [7, 11) is 1.62. The maximum absolute atomic E-state index is 6.28. The molecule has 36 heavy (non-hydrogen) atoms. The molecule has 194 valence electrons. The van der Waals surface area contributed by atoms with Gasteiger partial charge in [-0.25, -0.2) is 9.97 Å². The van der Waals surface area contributed by atoms with Crippen molar-refractivity contribution in [3.63, 3.8) is 0 Å². The Bertz CT molecular complexity index is 1090. The van der Waals surface area contributed by atoms with Crippen LogP contribution in [0.3, 0.4) is 0 Å². The molecule has 3 aromatic rings. The maximum atomic E-state index is 6.28. The van der Waals surface area contributed by atoms with Gasteiger partial charge in [0.15, 0.2) is 0 Å². The zero-order valence-corrected chi connectivity index (χ0v) is 22.0. The number of imidazole rings is 1. The molecule has 0 saturated heterocycles. The fourth-order valence-corrected chi connectivity index (χ4v) is 4.95. The molecule has 2 heterocycles. The van der Waals surface area contributed by atoms with Crippen molar-refractivity contribution in [1.29, 1.82) is 0 Å². The van der Waals surface area contributed by atoms with Gasteiger partial charge < -0.3 is 18.9 Å². The minimum absolute atomic E-state index is 0.103. The Balaban J connectivity index is 1.50. The van der Waals surface area contributed by atoms with Crippen LogP contribution in [0.5, 0.6) is 11.5 Å². The number of benzene rings is 1. The molecule has 3 atom stereocenters. The van der Waals surface area contributed by atoms with Gasteiger partial charge in [-0.05, 0) is 64.3 Å². The van der Waals surface area contributed by atoms with Crippen LogP contribution >= 0.6 is 0 Å². The van der Waals surface area contributed by atoms with Gasteiger partial charge >= 0.3 is 0 Å². The second kappa shape index (κ2) is 11.1. The third-order valence-electron chi connectivity index (χ3n) is 6.84. The molecule has 0 aliphatic heterocycles. The van der Waals surface area contributed by atoms with Crippen LogP contribution in [-0.4, -0.2) is 49.3 Å². The van der Waals surface area contributed by atoms with Crippen LogP contribution in [0.25, 0.3) is 0 Å². The first-order valence-corrected chi connectivity index (χ1v) is 12.6. The molecule has 9 nitrogen and oxygen atoms in total. The first-order valence-electron chi connectivity index (χ1n) is 12.6. The maximum Gasteiger partial charge on any atom is 0.137 e. The lowest BCUT2D eigenvalue weighted by Crippen LogP contribution is -2.46. The zero-order chi connectivity index (χ0) is 25.6. The van der Waals surface area contributed by atoms with E-state index in [4.69, 9.17) is 14.3 Å². The van der Waals surface area contributed by atoms with E-state index < -0.39 is 0 Å². The third kappa shape index (κ3) is 6.65. The summed E-state index contributed by atoms with van der Waals surface area (Å²) in [6, 6.07) is 7.85. The first kappa shape index (κ1) is 25.7. The Morgan fingerprint density at radius 1 is 1.11 bits per heavy atom. The van der Waals surface area contributed by atoms with Crippen LogP contribution < -0.4 is 9.47 Å². The topological polar surface area (TPSA) is 88.6 Å². The highest BCUT2D eigenvalue weighted by Gasteiger charge is 2.44. The Labute approximate surface area is 213 Å². The minimum Gasteiger partial charge on any atom is -0.493 e. The molecule has 0 amide bonds. The van der Waals surface area contributed by atoms with E-state index in [1.807, 2.05) is 68.4 Å². The lowest BCUT2D eigenvalue weighted by molar-refractivity contribution is 0.129. The number of hydrogen-bond acceptors (Lipinski definition) is 7. The first-order chi connectivity index (χ1) is 17.3. The largest absolute Gasteiger partial charge is 0.493 e. The summed E-state index contributed by atoms with van der Waals surface area (Å²) in [5, 5.41) is 8.98. The monoisotopic (exact) mass is 494 g/mol. The third-order valence-corrected chi connectivity index (χ3v) is 6.84. The molecule has 1 aliphatic carbocycles. The van der Waals surface area contributed by atoms with Crippen LogP contribution in [0, 0.1) is 17.3 Å². The van der Waals surface area contributed by atoms with E-state index >= 15 is 0 Å². The Morgan fingerprint density at radius 2 is 1.89 bits per heavy atom. The number of aromatic nitrogens is 5. The van der Waals surface area contributed by atoms with E-state index in [0.29, 0.717) is 13.2 Å². The normalized spacial score (nSPS) is 23.5. The van der Waals surface area contributed by atoms with Crippen LogP contribution in [0.2, 0.25) is 0 Å². The van der Waals surface area contributed by atoms with Crippen molar-refractivity contribution >= 4 is 5.71 Å². The summed E-state index contributed by atoms with van der Waals surface area (Å²) >= 11 is 0. The quantitative estimate of drug-likeness (QED) is 0.374. The molecule has 1 aromatic carbocycles. The van der Waals surface area contributed by atoms with Gasteiger partial charge in [0.25, 0.3) is 0 Å². The average molecular weight is 495 g/mol. The predicted octanol–water partition coefficient (Wildman–Crippen LogP) is 4.86. The van der Waals surface area contributed by atoms with Crippen molar-refractivity contribution in [2.45, 2.75) is 65.6 Å². The Hall–Kier alpha value is -3.36. The summed E-state index contributed by atoms with van der Waals surface area (Å²) in [5.74, 6) is 2.03. The summed E-state index contributed by atoms with van der Waals surface area (Å²) in [5.41, 5.74) is 0.726. The standard InChI is InChI=1S/C27H38N6O3/c1-26(2,3)36-23-8-6-22(7-9-23)35-17-21-10-11-27(4,12-14-32-15-13-28-19-32)25(31-34-5)24(21)16-33-20-29-18-30-33/h6-9,13,15,18-21,24H,10-12,14,16-17H2,1-5H3/b31-25-/t21-,24-,27-/m0/s1. The molecule has 1 saturated carbocycles. The lowest BCUT2D eigenvalue weighted by Gasteiger charge is -2.43. The Kier molecular flexibility index (Phi) is 7.96. The van der Waals surface area contributed by atoms with Gasteiger partial charge in [0.1, 0.15) is 36.9 Å². The van der Waals surface area contributed by atoms with Gasteiger partial charge in [0.05, 0.1) is 25.2 Å². The highest BCUT2D eigenvalue weighted by Crippen LogP contribution is 2.44. The number of oxime groups is 1. The average Bonchev–Trinajstić information content (AvgIpc) is 3.54. The molecule has 1 fully saturated rings. The van der Waals surface area contributed by atoms with E-state index in [9.17, 15) is 0 Å². The fraction of sp³-hybridized carbons (Fsp3) is 0.556. The molecule has 0 spiro atoms. The lowest BCUT2D eigenvalue weighted by atomic mass is 9.63. The van der Waals surface area contributed by atoms with E-state index in [2.05, 4.69) is 31.7 Å². The molecule has 4 rings (SSSR count). The molecular formula is C27H38N6O3. The van der Waals surface area contributed by atoms with Crippen molar-refractivity contribution in [3.05, 3.63) is 55.6 Å². The van der Waals surface area contributed by atoms with Crippen LogP contribution in [-0.2, 0) is 17.9 Å². The molecule has 0 radical (unpaired) electrons. The number of rotatable bonds is 10. The van der Waals surface area contributed by atoms with Crippen molar-refractivity contribution in [1.82, 2.24) is 24.3 Å². The summed E-state index contributed by atoms with van der Waals surface area (Å²) < 4.78 is 16.2. The smallest absolute Gasteiger partial charge is 0.137 e. The second-order valence-electron chi connectivity index (χ2n) is 10.8. The molecule has 1 aliphatic rings. The van der Waals surface area contributed by atoms with E-state index in [1.165, 1.54) is 0 Å². The van der Waals surface area contributed by atoms with Crippen molar-refractivity contribution in [2.75, 3.05) is 13.7 Å². The van der Waals surface area contributed by atoms with Gasteiger partial charge in [-0.3, -0.25) is 4.68 Å². The molecule has 0 unspecified atom stereocenters. The van der Waals surface area contributed by atoms with E-state index in [1.54, 1.807) is 19.8 Å². The highest BCUT2D eigenvalue weighted by atomic mass is 16.6. The van der Waals surface area contributed by atoms with Gasteiger partial charge in [0, 0.05) is 36.2 Å². The molecule has 0 N–H and O–H groups in total. The van der Waals surface area contributed by atoms with Crippen molar-refractivity contribution < 1.29 is 14.3 Å². The summed E-state index contributed by atoms with van der Waals surface area (Å²) in [6.07, 6.45) is 12.0. The van der Waals surface area contributed by atoms with Crippen LogP contribution in [0.1, 0.15) is 47.0 Å². The van der Waals surface area contributed by atoms with Crippen molar-refractivity contribution in [2.24, 2.45) is 22.4 Å². The van der Waals surface area contributed by atoms with E-state index in [0.717, 1.165) is 43.0 Å². The number of ether oxygens (including phenoxy) is 2.